The number of ether oxygens (including phenoxy) is 2. The lowest BCUT2D eigenvalue weighted by molar-refractivity contribution is -0.154. The van der Waals surface area contributed by atoms with Gasteiger partial charge < -0.3 is 29.7 Å². The van der Waals surface area contributed by atoms with Gasteiger partial charge in [0, 0.05) is 18.5 Å². The molecule has 4 rings (SSSR count). The second-order valence-corrected chi connectivity index (χ2v) is 12.9. The van der Waals surface area contributed by atoms with Gasteiger partial charge >= 0.3 is 5.97 Å². The first kappa shape index (κ1) is 33.4. The van der Waals surface area contributed by atoms with E-state index in [1.807, 2.05) is 58.0 Å². The average Bonchev–Trinajstić information content (AvgIpc) is 3.64. The molecule has 7 atom stereocenters. The molecular weight excluding hydrogens is 562 g/mol. The molecule has 3 aliphatic rings. The monoisotopic (exact) mass is 609 g/mol. The minimum Gasteiger partial charge on any atom is -0.463 e. The summed E-state index contributed by atoms with van der Waals surface area (Å²) in [7, 11) is 0. The maximum atomic E-state index is 14.4. The van der Waals surface area contributed by atoms with Crippen LogP contribution in [0.25, 0.3) is 0 Å². The van der Waals surface area contributed by atoms with Gasteiger partial charge in [0.2, 0.25) is 17.7 Å². The van der Waals surface area contributed by atoms with Crippen LogP contribution < -0.4 is 5.32 Å². The molecule has 0 radical (unpaired) electrons. The molecule has 0 aromatic heterocycles. The summed E-state index contributed by atoms with van der Waals surface area (Å²) in [6, 6.07) is 6.95. The van der Waals surface area contributed by atoms with Crippen molar-refractivity contribution in [2.75, 3.05) is 19.8 Å². The van der Waals surface area contributed by atoms with Crippen LogP contribution in [-0.2, 0) is 28.7 Å². The normalized spacial score (nSPS) is 26.9. The summed E-state index contributed by atoms with van der Waals surface area (Å²) in [5.41, 5.74) is -1.03. The lowest BCUT2D eigenvalue weighted by Crippen LogP contribution is -2.61. The van der Waals surface area contributed by atoms with Crippen LogP contribution in [0.15, 0.2) is 55.6 Å². The molecule has 3 aliphatic heterocycles. The first-order valence-electron chi connectivity index (χ1n) is 15.6. The van der Waals surface area contributed by atoms with Gasteiger partial charge in [-0.3, -0.25) is 19.2 Å². The molecule has 3 fully saturated rings. The SMILES string of the molecule is C=CCCC(=O)OC[C@H](NC(=O)[C@@H]1[C@H]2C(=O)N([C@@H](CC)CO)[C@H](C(=O)N(CC=C)C(C)(C)C)[C@]23CC[C@H]1O3)c1ccccc1. The quantitative estimate of drug-likeness (QED) is 0.245. The molecular formula is C34H47N3O7. The molecule has 44 heavy (non-hydrogen) atoms. The van der Waals surface area contributed by atoms with Gasteiger partial charge in [-0.25, -0.2) is 0 Å². The minimum atomic E-state index is -1.20. The summed E-state index contributed by atoms with van der Waals surface area (Å²) in [5, 5.41) is 13.4. The second-order valence-electron chi connectivity index (χ2n) is 12.9. The predicted molar refractivity (Wildman–Crippen MR) is 165 cm³/mol. The first-order valence-corrected chi connectivity index (χ1v) is 15.6. The molecule has 0 aliphatic carbocycles. The van der Waals surface area contributed by atoms with E-state index < -0.39 is 59.1 Å². The second kappa shape index (κ2) is 13.6. The Bertz CT molecular complexity index is 1240. The number of hydrogen-bond donors (Lipinski definition) is 2. The molecule has 1 spiro atoms. The van der Waals surface area contributed by atoms with Crippen LogP contribution in [0.2, 0.25) is 0 Å². The minimum absolute atomic E-state index is 0.0779. The molecule has 1 aromatic rings. The Morgan fingerprint density at radius 1 is 1.23 bits per heavy atom. The number of aliphatic hydroxyl groups is 1. The van der Waals surface area contributed by atoms with Crippen molar-refractivity contribution in [3.63, 3.8) is 0 Å². The summed E-state index contributed by atoms with van der Waals surface area (Å²) in [6.45, 7) is 15.0. The Kier molecular flexibility index (Phi) is 10.4. The van der Waals surface area contributed by atoms with Crippen molar-refractivity contribution in [2.45, 2.75) is 95.2 Å². The van der Waals surface area contributed by atoms with Gasteiger partial charge in [-0.2, -0.15) is 0 Å². The number of carbonyl (C=O) groups excluding carboxylic acids is 4. The van der Waals surface area contributed by atoms with Crippen LogP contribution >= 0.6 is 0 Å². The third-order valence-corrected chi connectivity index (χ3v) is 9.22. The zero-order chi connectivity index (χ0) is 32.2. The third-order valence-electron chi connectivity index (χ3n) is 9.22. The molecule has 3 amide bonds. The average molecular weight is 610 g/mol. The molecule has 10 nitrogen and oxygen atoms in total. The largest absolute Gasteiger partial charge is 0.463 e. The van der Waals surface area contributed by atoms with Crippen molar-refractivity contribution >= 4 is 23.7 Å². The van der Waals surface area contributed by atoms with Gasteiger partial charge in [-0.15, -0.1) is 13.2 Å². The molecule has 1 aromatic carbocycles. The molecule has 2 N–H and O–H groups in total. The van der Waals surface area contributed by atoms with E-state index in [1.165, 1.54) is 4.90 Å². The number of rotatable bonds is 14. The fourth-order valence-electron chi connectivity index (χ4n) is 7.09. The molecule has 0 saturated carbocycles. The lowest BCUT2D eigenvalue weighted by Gasteiger charge is -2.43. The Labute approximate surface area is 260 Å². The molecule has 0 unspecified atom stereocenters. The Hall–Kier alpha value is -3.50. The number of benzene rings is 1. The molecule has 240 valence electrons. The number of nitrogens with one attached hydrogen (secondary N) is 1. The van der Waals surface area contributed by atoms with Crippen molar-refractivity contribution in [3.05, 3.63) is 61.2 Å². The van der Waals surface area contributed by atoms with Crippen molar-refractivity contribution in [3.8, 4) is 0 Å². The topological polar surface area (TPSA) is 125 Å². The van der Waals surface area contributed by atoms with Crippen molar-refractivity contribution in [2.24, 2.45) is 11.8 Å². The number of nitrogens with zero attached hydrogens (tertiary/aromatic N) is 2. The van der Waals surface area contributed by atoms with Crippen LogP contribution in [0.3, 0.4) is 0 Å². The van der Waals surface area contributed by atoms with Crippen LogP contribution in [0, 0.1) is 11.8 Å². The zero-order valence-electron chi connectivity index (χ0n) is 26.4. The van der Waals surface area contributed by atoms with Crippen LogP contribution in [0.1, 0.15) is 71.4 Å². The highest BCUT2D eigenvalue weighted by molar-refractivity contribution is 5.99. The fraction of sp³-hybridized carbons (Fsp3) is 0.588. The van der Waals surface area contributed by atoms with Gasteiger partial charge in [0.15, 0.2) is 0 Å². The summed E-state index contributed by atoms with van der Waals surface area (Å²) in [4.78, 5) is 58.4. The zero-order valence-corrected chi connectivity index (χ0v) is 26.4. The van der Waals surface area contributed by atoms with Gasteiger partial charge in [0.1, 0.15) is 18.2 Å². The smallest absolute Gasteiger partial charge is 0.306 e. The van der Waals surface area contributed by atoms with E-state index in [0.717, 1.165) is 5.56 Å². The molecule has 3 heterocycles. The number of fused-ring (bicyclic) bond motifs is 1. The number of carbonyl (C=O) groups is 4. The highest BCUT2D eigenvalue weighted by Crippen LogP contribution is 2.59. The predicted octanol–water partition coefficient (Wildman–Crippen LogP) is 3.31. The van der Waals surface area contributed by atoms with Gasteiger partial charge in [0.25, 0.3) is 0 Å². The summed E-state index contributed by atoms with van der Waals surface area (Å²) in [6.07, 6.45) is 4.80. The lowest BCUT2D eigenvalue weighted by atomic mass is 9.70. The number of esters is 1. The van der Waals surface area contributed by atoms with Crippen LogP contribution in [0.5, 0.6) is 0 Å². The van der Waals surface area contributed by atoms with E-state index in [4.69, 9.17) is 9.47 Å². The number of likely N-dealkylation sites (tertiary alicyclic amines) is 1. The number of allylic oxidation sites excluding steroid dienone is 1. The highest BCUT2D eigenvalue weighted by Gasteiger charge is 2.75. The maximum absolute atomic E-state index is 14.4. The summed E-state index contributed by atoms with van der Waals surface area (Å²) in [5.74, 6) is -3.18. The van der Waals surface area contributed by atoms with E-state index in [2.05, 4.69) is 18.5 Å². The number of amides is 3. The van der Waals surface area contributed by atoms with E-state index in [-0.39, 0.29) is 38.0 Å². The van der Waals surface area contributed by atoms with Crippen molar-refractivity contribution in [1.29, 1.82) is 0 Å². The fourth-order valence-corrected chi connectivity index (χ4v) is 7.09. The van der Waals surface area contributed by atoms with E-state index in [9.17, 15) is 24.3 Å². The van der Waals surface area contributed by atoms with Gasteiger partial charge in [0.05, 0.1) is 36.6 Å². The molecule has 3 saturated heterocycles. The maximum Gasteiger partial charge on any atom is 0.306 e. The van der Waals surface area contributed by atoms with E-state index in [1.54, 1.807) is 17.1 Å². The van der Waals surface area contributed by atoms with Crippen molar-refractivity contribution in [1.82, 2.24) is 15.1 Å². The van der Waals surface area contributed by atoms with E-state index in [0.29, 0.717) is 25.7 Å². The van der Waals surface area contributed by atoms with E-state index >= 15 is 0 Å². The standard InChI is InChI=1S/C34H47N3O7/c1-7-10-16-26(39)43-21-24(22-14-12-11-13-15-22)35-30(40)27-25-17-18-34(44-25)28(27)31(41)37(23(9-3)20-38)29(34)32(42)36(19-8-2)33(4,5)6/h7-8,11-15,23-25,27-29,38H,1-2,9-10,16-21H2,3-6H3,(H,35,40)/t23-,24-,25+,27-,28-,29+,34-/m0/s1. The van der Waals surface area contributed by atoms with Crippen LogP contribution in [0.4, 0.5) is 0 Å². The van der Waals surface area contributed by atoms with Crippen LogP contribution in [-0.4, -0.2) is 87.7 Å². The van der Waals surface area contributed by atoms with Crippen molar-refractivity contribution < 1.29 is 33.8 Å². The molecule has 10 heteroatoms. The molecule has 2 bridgehead atoms. The number of hydrogen-bond acceptors (Lipinski definition) is 7. The number of aliphatic hydroxyl groups excluding tert-OH is 1. The third kappa shape index (κ3) is 6.19. The first-order chi connectivity index (χ1) is 20.9. The highest BCUT2D eigenvalue weighted by atomic mass is 16.5. The Balaban J connectivity index is 1.67. The van der Waals surface area contributed by atoms with Gasteiger partial charge in [-0.05, 0) is 52.0 Å². The summed E-state index contributed by atoms with van der Waals surface area (Å²) < 4.78 is 12.1. The summed E-state index contributed by atoms with van der Waals surface area (Å²) >= 11 is 0. The van der Waals surface area contributed by atoms with Gasteiger partial charge in [-0.1, -0.05) is 49.4 Å². The Morgan fingerprint density at radius 3 is 2.52 bits per heavy atom. The Morgan fingerprint density at radius 2 is 1.93 bits per heavy atom.